The minimum absolute atomic E-state index is 0. The summed E-state index contributed by atoms with van der Waals surface area (Å²) in [6.07, 6.45) is -1.40. The first-order chi connectivity index (χ1) is 18.3. The van der Waals surface area contributed by atoms with Gasteiger partial charge in [0.05, 0.1) is 5.56 Å². The molecule has 221 valence electrons. The van der Waals surface area contributed by atoms with Crippen molar-refractivity contribution >= 4 is 27.3 Å². The van der Waals surface area contributed by atoms with E-state index in [1.807, 2.05) is 79.7 Å². The van der Waals surface area contributed by atoms with Crippen molar-refractivity contribution in [1.29, 1.82) is 0 Å². The van der Waals surface area contributed by atoms with Gasteiger partial charge in [-0.05, 0) is 51.9 Å². The molecule has 0 amide bonds. The van der Waals surface area contributed by atoms with Crippen LogP contribution in [-0.2, 0) is 31.1 Å². The molecule has 0 fully saturated rings. The molecule has 0 spiro atoms. The molecule has 1 N–H and O–H groups in total. The van der Waals surface area contributed by atoms with E-state index in [9.17, 15) is 23.1 Å². The van der Waals surface area contributed by atoms with Crippen LogP contribution in [0.3, 0.4) is 0 Å². The van der Waals surface area contributed by atoms with Crippen molar-refractivity contribution in [3.05, 3.63) is 88.8 Å². The van der Waals surface area contributed by atoms with Crippen molar-refractivity contribution in [3.63, 3.8) is 0 Å². The molecule has 0 aliphatic heterocycles. The van der Waals surface area contributed by atoms with Crippen LogP contribution < -0.4 is 0 Å². The Labute approximate surface area is 254 Å². The minimum Gasteiger partial charge on any atom is -0.512 e. The van der Waals surface area contributed by atoms with Gasteiger partial charge < -0.3 is 10.1 Å². The molecule has 0 aliphatic rings. The Morgan fingerprint density at radius 2 is 1.49 bits per heavy atom. The zero-order valence-electron chi connectivity index (χ0n) is 25.0. The van der Waals surface area contributed by atoms with Crippen molar-refractivity contribution in [2.75, 3.05) is 0 Å². The third-order valence-electron chi connectivity index (χ3n) is 6.59. The Morgan fingerprint density at radius 3 is 2.02 bits per heavy atom. The number of carbonyl (C=O) groups is 1. The standard InChI is InChI=1S/C23H17F3N.C11H20O2.Ir/c1-13-8-14(2)10-17(9-13)22-19-5-4-16-11-15(3)21(23(24,25)26)12-20(16)18(19)6-7-27-22;1-10(2,3)8(12)7-9(13)11(4,5)6;/h4-9,11-12H,1-3H3;7,12H,1-6H3;/q-1;;/b;8-7-;. The van der Waals surface area contributed by atoms with E-state index in [2.05, 4.69) is 11.1 Å². The number of allylic oxidation sites excluding steroid dienone is 2. The summed E-state index contributed by atoms with van der Waals surface area (Å²) in [5, 5.41) is 12.5. The van der Waals surface area contributed by atoms with Gasteiger partial charge in [0, 0.05) is 43.2 Å². The van der Waals surface area contributed by atoms with Gasteiger partial charge in [0.2, 0.25) is 0 Å². The van der Waals surface area contributed by atoms with Crippen molar-refractivity contribution < 1.29 is 43.2 Å². The van der Waals surface area contributed by atoms with Crippen LogP contribution in [0, 0.1) is 37.7 Å². The maximum atomic E-state index is 13.4. The molecule has 7 heteroatoms. The molecule has 0 aliphatic carbocycles. The van der Waals surface area contributed by atoms with Gasteiger partial charge in [0.25, 0.3) is 0 Å². The average molecular weight is 741 g/mol. The number of ketones is 1. The van der Waals surface area contributed by atoms with Gasteiger partial charge in [-0.3, -0.25) is 4.79 Å². The van der Waals surface area contributed by atoms with E-state index in [0.29, 0.717) is 5.39 Å². The summed E-state index contributed by atoms with van der Waals surface area (Å²) >= 11 is 0. The number of aliphatic hydroxyl groups is 1. The van der Waals surface area contributed by atoms with E-state index in [1.165, 1.54) is 19.1 Å². The summed E-state index contributed by atoms with van der Waals surface area (Å²) < 4.78 is 40.2. The summed E-state index contributed by atoms with van der Waals surface area (Å²) in [4.78, 5) is 16.0. The first-order valence-electron chi connectivity index (χ1n) is 13.1. The van der Waals surface area contributed by atoms with Crippen molar-refractivity contribution in [3.8, 4) is 11.3 Å². The first-order valence-corrected chi connectivity index (χ1v) is 13.1. The molecule has 0 saturated heterocycles. The zero-order valence-corrected chi connectivity index (χ0v) is 27.4. The molecule has 4 rings (SSSR count). The number of aryl methyl sites for hydroxylation is 3. The quantitative estimate of drug-likeness (QED) is 0.0964. The van der Waals surface area contributed by atoms with Crippen LogP contribution in [0.2, 0.25) is 0 Å². The minimum atomic E-state index is -4.38. The monoisotopic (exact) mass is 741 g/mol. The maximum absolute atomic E-state index is 13.4. The van der Waals surface area contributed by atoms with Gasteiger partial charge in [-0.1, -0.05) is 73.6 Å². The molecule has 3 nitrogen and oxygen atoms in total. The molecule has 1 radical (unpaired) electrons. The molecular formula is C34H37F3IrNO2-. The molecule has 0 atom stereocenters. The Morgan fingerprint density at radius 1 is 0.854 bits per heavy atom. The number of carbonyl (C=O) groups excluding carboxylic acids is 1. The molecule has 3 aromatic carbocycles. The third-order valence-corrected chi connectivity index (χ3v) is 6.59. The van der Waals surface area contributed by atoms with Crippen LogP contribution in [-0.4, -0.2) is 15.9 Å². The smallest absolute Gasteiger partial charge is 0.416 e. The number of alkyl halides is 3. The van der Waals surface area contributed by atoms with E-state index >= 15 is 0 Å². The van der Waals surface area contributed by atoms with Crippen LogP contribution in [0.15, 0.2) is 60.5 Å². The number of hydrogen-bond acceptors (Lipinski definition) is 3. The fraction of sp³-hybridized carbons (Fsp3) is 0.353. The number of benzene rings is 3. The van der Waals surface area contributed by atoms with Gasteiger partial charge >= 0.3 is 6.18 Å². The molecule has 4 aromatic rings. The van der Waals surface area contributed by atoms with Crippen LogP contribution >= 0.6 is 0 Å². The first kappa shape index (κ1) is 34.2. The second-order valence-corrected chi connectivity index (χ2v) is 12.4. The second kappa shape index (κ2) is 12.5. The van der Waals surface area contributed by atoms with Crippen molar-refractivity contribution in [2.45, 2.75) is 68.5 Å². The number of hydrogen-bond donors (Lipinski definition) is 1. The summed E-state index contributed by atoms with van der Waals surface area (Å²) in [5.74, 6) is 0.104. The van der Waals surface area contributed by atoms with E-state index < -0.39 is 17.2 Å². The largest absolute Gasteiger partial charge is 0.512 e. The fourth-order valence-electron chi connectivity index (χ4n) is 4.25. The Hall–Kier alpha value is -3.02. The molecular weight excluding hydrogens is 704 g/mol. The molecule has 0 saturated carbocycles. The van der Waals surface area contributed by atoms with E-state index in [1.54, 1.807) is 18.3 Å². The number of nitrogens with zero attached hydrogens (tertiary/aromatic N) is 1. The van der Waals surface area contributed by atoms with Crippen LogP contribution in [0.4, 0.5) is 13.2 Å². The molecule has 0 unspecified atom stereocenters. The van der Waals surface area contributed by atoms with Crippen LogP contribution in [0.25, 0.3) is 32.8 Å². The van der Waals surface area contributed by atoms with E-state index in [4.69, 9.17) is 0 Å². The Bertz CT molecular complexity index is 1590. The average Bonchev–Trinajstić information content (AvgIpc) is 2.80. The molecule has 41 heavy (non-hydrogen) atoms. The predicted molar refractivity (Wildman–Crippen MR) is 157 cm³/mol. The van der Waals surface area contributed by atoms with E-state index in [-0.39, 0.29) is 42.6 Å². The van der Waals surface area contributed by atoms with Gasteiger partial charge in [-0.15, -0.1) is 34.9 Å². The number of pyridine rings is 1. The van der Waals surface area contributed by atoms with Crippen LogP contribution in [0.5, 0.6) is 0 Å². The van der Waals surface area contributed by atoms with Gasteiger partial charge in [-0.25, -0.2) is 0 Å². The van der Waals surface area contributed by atoms with Gasteiger partial charge in [-0.2, -0.15) is 13.2 Å². The summed E-state index contributed by atoms with van der Waals surface area (Å²) in [6.45, 7) is 16.6. The van der Waals surface area contributed by atoms with Gasteiger partial charge in [0.15, 0.2) is 5.78 Å². The maximum Gasteiger partial charge on any atom is 0.416 e. The number of aliphatic hydroxyl groups excluding tert-OH is 1. The summed E-state index contributed by atoms with van der Waals surface area (Å²) in [6, 6.07) is 15.7. The molecule has 1 heterocycles. The topological polar surface area (TPSA) is 50.2 Å². The fourth-order valence-corrected chi connectivity index (χ4v) is 4.25. The number of halogens is 3. The summed E-state index contributed by atoms with van der Waals surface area (Å²) in [7, 11) is 0. The van der Waals surface area contributed by atoms with Gasteiger partial charge in [0.1, 0.15) is 5.76 Å². The molecule has 1 aromatic heterocycles. The number of fused-ring (bicyclic) bond motifs is 3. The van der Waals surface area contributed by atoms with Crippen molar-refractivity contribution in [1.82, 2.24) is 4.98 Å². The van der Waals surface area contributed by atoms with E-state index in [0.717, 1.165) is 38.5 Å². The number of rotatable bonds is 2. The Balaban J connectivity index is 0.000000360. The second-order valence-electron chi connectivity index (χ2n) is 12.4. The summed E-state index contributed by atoms with van der Waals surface area (Å²) in [5.41, 5.74) is 2.54. The van der Waals surface area contributed by atoms with Crippen molar-refractivity contribution in [2.24, 2.45) is 10.8 Å². The normalized spacial score (nSPS) is 12.5. The number of aromatic nitrogens is 1. The van der Waals surface area contributed by atoms with Crippen LogP contribution in [0.1, 0.15) is 63.8 Å². The zero-order chi connectivity index (χ0) is 30.2. The predicted octanol–water partition coefficient (Wildman–Crippen LogP) is 9.89. The molecule has 0 bridgehead atoms. The third kappa shape index (κ3) is 8.27. The Kier molecular flexibility index (Phi) is 10.4. The SMILES string of the molecule is CC(C)(C)C(=O)/C=C(\O)C(C)(C)C.Cc1[c-]c(-c2nccc3c2ccc2cc(C)c(C(F)(F)F)cc23)cc(C)c1.[Ir].